The molecule has 17 heavy (non-hydrogen) atoms. The van der Waals surface area contributed by atoms with Gasteiger partial charge in [0.05, 0.1) is 0 Å². The van der Waals surface area contributed by atoms with E-state index in [1.54, 1.807) is 0 Å². The smallest absolute Gasteiger partial charge is 0.0161 e. The van der Waals surface area contributed by atoms with Gasteiger partial charge in [0.1, 0.15) is 0 Å². The summed E-state index contributed by atoms with van der Waals surface area (Å²) in [4.78, 5) is 0. The monoisotopic (exact) mass is 231 g/mol. The standard InChI is InChI=1S/C16H25N/c1-7-9-12(3)10-13(4)14(5)11-16(8-2)15(6)17/h7,9-11,16H,4,6,8,17H2,1-3,5H3/b9-7-,12-10-,14-11+. The van der Waals surface area contributed by atoms with Gasteiger partial charge >= 0.3 is 0 Å². The second-order valence-corrected chi connectivity index (χ2v) is 4.35. The molecule has 0 aliphatic carbocycles. The van der Waals surface area contributed by atoms with Crippen molar-refractivity contribution in [3.05, 3.63) is 59.9 Å². The molecule has 2 N–H and O–H groups in total. The summed E-state index contributed by atoms with van der Waals surface area (Å²) >= 11 is 0. The first-order valence-corrected chi connectivity index (χ1v) is 6.05. The lowest BCUT2D eigenvalue weighted by Crippen LogP contribution is -2.07. The van der Waals surface area contributed by atoms with Crippen LogP contribution >= 0.6 is 0 Å². The summed E-state index contributed by atoms with van der Waals surface area (Å²) in [6, 6.07) is 0. The van der Waals surface area contributed by atoms with Crippen LogP contribution in [-0.2, 0) is 0 Å². The van der Waals surface area contributed by atoms with Crippen molar-refractivity contribution in [2.75, 3.05) is 0 Å². The lowest BCUT2D eigenvalue weighted by Gasteiger charge is -2.11. The van der Waals surface area contributed by atoms with Gasteiger partial charge in [0, 0.05) is 11.6 Å². The molecule has 0 fully saturated rings. The van der Waals surface area contributed by atoms with Gasteiger partial charge in [-0.15, -0.1) is 0 Å². The normalized spacial score (nSPS) is 15.1. The highest BCUT2D eigenvalue weighted by molar-refractivity contribution is 5.40. The van der Waals surface area contributed by atoms with Crippen molar-refractivity contribution in [2.24, 2.45) is 11.7 Å². The van der Waals surface area contributed by atoms with Gasteiger partial charge in [0.25, 0.3) is 0 Å². The zero-order chi connectivity index (χ0) is 13.4. The Balaban J connectivity index is 4.86. The fourth-order valence-corrected chi connectivity index (χ4v) is 1.60. The van der Waals surface area contributed by atoms with E-state index >= 15 is 0 Å². The summed E-state index contributed by atoms with van der Waals surface area (Å²) < 4.78 is 0. The maximum absolute atomic E-state index is 5.75. The molecule has 1 nitrogen and oxygen atoms in total. The van der Waals surface area contributed by atoms with E-state index in [0.29, 0.717) is 5.70 Å². The van der Waals surface area contributed by atoms with Crippen LogP contribution in [0.25, 0.3) is 0 Å². The molecule has 0 saturated carbocycles. The Kier molecular flexibility index (Phi) is 7.04. The van der Waals surface area contributed by atoms with Crippen LogP contribution in [0, 0.1) is 5.92 Å². The first-order chi connectivity index (χ1) is 7.92. The zero-order valence-electron chi connectivity index (χ0n) is 11.6. The number of rotatable bonds is 6. The molecule has 0 spiro atoms. The first kappa shape index (κ1) is 15.5. The van der Waals surface area contributed by atoms with Gasteiger partial charge in [0.2, 0.25) is 0 Å². The van der Waals surface area contributed by atoms with Gasteiger partial charge in [-0.1, -0.05) is 50.0 Å². The minimum absolute atomic E-state index is 0.238. The summed E-state index contributed by atoms with van der Waals surface area (Å²) in [6.07, 6.45) is 9.28. The Morgan fingerprint density at radius 1 is 1.29 bits per heavy atom. The highest BCUT2D eigenvalue weighted by atomic mass is 14.6. The largest absolute Gasteiger partial charge is 0.402 e. The molecule has 94 valence electrons. The van der Waals surface area contributed by atoms with Crippen LogP contribution in [0.2, 0.25) is 0 Å². The predicted molar refractivity (Wildman–Crippen MR) is 78.6 cm³/mol. The van der Waals surface area contributed by atoms with Gasteiger partial charge in [-0.2, -0.15) is 0 Å². The lowest BCUT2D eigenvalue weighted by molar-refractivity contribution is 0.716. The van der Waals surface area contributed by atoms with Gasteiger partial charge in [0.15, 0.2) is 0 Å². The molecule has 0 aliphatic heterocycles. The van der Waals surface area contributed by atoms with E-state index in [0.717, 1.165) is 17.6 Å². The van der Waals surface area contributed by atoms with E-state index in [4.69, 9.17) is 5.73 Å². The van der Waals surface area contributed by atoms with Gasteiger partial charge in [-0.25, -0.2) is 0 Å². The maximum atomic E-state index is 5.75. The minimum Gasteiger partial charge on any atom is -0.402 e. The quantitative estimate of drug-likeness (QED) is 0.669. The Morgan fingerprint density at radius 2 is 1.88 bits per heavy atom. The molecular formula is C16H25N. The highest BCUT2D eigenvalue weighted by Gasteiger charge is 2.05. The summed E-state index contributed by atoms with van der Waals surface area (Å²) in [5.74, 6) is 0.238. The number of hydrogen-bond donors (Lipinski definition) is 1. The lowest BCUT2D eigenvalue weighted by atomic mass is 9.97. The van der Waals surface area contributed by atoms with Crippen molar-refractivity contribution in [1.29, 1.82) is 0 Å². The number of allylic oxidation sites excluding steroid dienone is 7. The molecule has 0 bridgehead atoms. The van der Waals surface area contributed by atoms with Crippen molar-refractivity contribution in [1.82, 2.24) is 0 Å². The van der Waals surface area contributed by atoms with Gasteiger partial charge < -0.3 is 5.73 Å². The Hall–Kier alpha value is -1.50. The van der Waals surface area contributed by atoms with E-state index in [9.17, 15) is 0 Å². The van der Waals surface area contributed by atoms with Crippen molar-refractivity contribution < 1.29 is 0 Å². The molecule has 1 unspecified atom stereocenters. The predicted octanol–water partition coefficient (Wildman–Crippen LogP) is 4.51. The molecule has 0 aliphatic rings. The molecule has 0 aromatic rings. The fraction of sp³-hybridized carbons (Fsp3) is 0.375. The Bertz CT molecular complexity index is 367. The molecule has 0 aromatic carbocycles. The molecule has 0 aromatic heterocycles. The van der Waals surface area contributed by atoms with Crippen molar-refractivity contribution in [2.45, 2.75) is 34.1 Å². The van der Waals surface area contributed by atoms with Crippen LogP contribution in [0.4, 0.5) is 0 Å². The Labute approximate surface area is 106 Å². The number of nitrogens with two attached hydrogens (primary N) is 1. The molecule has 0 heterocycles. The molecule has 0 rings (SSSR count). The van der Waals surface area contributed by atoms with Crippen LogP contribution in [-0.4, -0.2) is 0 Å². The van der Waals surface area contributed by atoms with E-state index in [2.05, 4.69) is 52.2 Å². The maximum Gasteiger partial charge on any atom is 0.0161 e. The summed E-state index contributed by atoms with van der Waals surface area (Å²) in [5.41, 5.74) is 9.85. The average molecular weight is 231 g/mol. The second kappa shape index (κ2) is 7.72. The van der Waals surface area contributed by atoms with Gasteiger partial charge in [-0.3, -0.25) is 0 Å². The summed E-state index contributed by atoms with van der Waals surface area (Å²) in [5, 5.41) is 0. The summed E-state index contributed by atoms with van der Waals surface area (Å²) in [6.45, 7) is 16.1. The van der Waals surface area contributed by atoms with Crippen LogP contribution in [0.5, 0.6) is 0 Å². The third-order valence-electron chi connectivity index (χ3n) is 2.71. The van der Waals surface area contributed by atoms with Crippen molar-refractivity contribution >= 4 is 0 Å². The second-order valence-electron chi connectivity index (χ2n) is 4.35. The molecular weight excluding hydrogens is 206 g/mol. The van der Waals surface area contributed by atoms with E-state index in [1.165, 1.54) is 5.57 Å². The van der Waals surface area contributed by atoms with Crippen LogP contribution in [0.15, 0.2) is 59.9 Å². The van der Waals surface area contributed by atoms with Crippen molar-refractivity contribution in [3.63, 3.8) is 0 Å². The Morgan fingerprint density at radius 3 is 2.29 bits per heavy atom. The fourth-order valence-electron chi connectivity index (χ4n) is 1.60. The molecule has 0 radical (unpaired) electrons. The minimum atomic E-state index is 0.238. The SMILES string of the molecule is C=C(/C=C(C)\C=C/C)/C(C)=C/C(CC)C(=C)N. The van der Waals surface area contributed by atoms with Crippen molar-refractivity contribution in [3.8, 4) is 0 Å². The number of hydrogen-bond acceptors (Lipinski definition) is 1. The third-order valence-corrected chi connectivity index (χ3v) is 2.71. The van der Waals surface area contributed by atoms with Gasteiger partial charge in [-0.05, 0) is 38.3 Å². The highest BCUT2D eigenvalue weighted by Crippen LogP contribution is 2.18. The molecule has 0 saturated heterocycles. The molecule has 1 heteroatoms. The third kappa shape index (κ3) is 5.96. The van der Waals surface area contributed by atoms with E-state index in [-0.39, 0.29) is 5.92 Å². The van der Waals surface area contributed by atoms with Crippen LogP contribution in [0.3, 0.4) is 0 Å². The van der Waals surface area contributed by atoms with E-state index < -0.39 is 0 Å². The topological polar surface area (TPSA) is 26.0 Å². The zero-order valence-corrected chi connectivity index (χ0v) is 11.6. The van der Waals surface area contributed by atoms with Crippen LogP contribution < -0.4 is 5.73 Å². The van der Waals surface area contributed by atoms with E-state index in [1.807, 2.05) is 13.0 Å². The average Bonchev–Trinajstić information content (AvgIpc) is 2.25. The molecule has 1 atom stereocenters. The summed E-state index contributed by atoms with van der Waals surface area (Å²) in [7, 11) is 0. The van der Waals surface area contributed by atoms with Crippen LogP contribution in [0.1, 0.15) is 34.1 Å². The first-order valence-electron chi connectivity index (χ1n) is 6.05. The molecule has 0 amide bonds.